The maximum absolute atomic E-state index is 10.4. The van der Waals surface area contributed by atoms with E-state index >= 15 is 0 Å². The molecule has 37 valence electrons. The quantitative estimate of drug-likeness (QED) is 0.467. The Labute approximate surface area is 43.0 Å². The molecular weight excluding hydrogens is 88.1 g/mol. The molecule has 0 spiro atoms. The van der Waals surface area contributed by atoms with E-state index in [1.165, 1.54) is 0 Å². The van der Waals surface area contributed by atoms with Crippen LogP contribution in [0, 0.1) is 12.5 Å². The lowest BCUT2D eigenvalue weighted by Crippen LogP contribution is -1.91. The molecule has 0 aromatic rings. The van der Waals surface area contributed by atoms with Crippen molar-refractivity contribution in [2.45, 2.75) is 12.8 Å². The zero-order chi connectivity index (χ0) is 5.28. The van der Waals surface area contributed by atoms with Crippen molar-refractivity contribution in [2.24, 2.45) is 5.92 Å². The molecule has 0 unspecified atom stereocenters. The van der Waals surface area contributed by atoms with E-state index in [0.29, 0.717) is 5.92 Å². The summed E-state index contributed by atoms with van der Waals surface area (Å²) in [7, 11) is 0. The van der Waals surface area contributed by atoms with Gasteiger partial charge in [-0.1, -0.05) is 6.58 Å². The molecule has 0 aliphatic heterocycles. The predicted octanol–water partition coefficient (Wildman–Crippen LogP) is 0.955. The van der Waals surface area contributed by atoms with Crippen molar-refractivity contribution in [3.8, 4) is 0 Å². The summed E-state index contributed by atoms with van der Waals surface area (Å²) in [5.41, 5.74) is 0. The second-order valence-corrected chi connectivity index (χ2v) is 1.84. The number of carbonyl (C=O) groups is 1. The first-order chi connectivity index (χ1) is 3.34. The van der Waals surface area contributed by atoms with Gasteiger partial charge in [-0.05, 0) is 18.9 Å². The Hall–Kier alpha value is -0.590. The lowest BCUT2D eigenvalue weighted by molar-refractivity contribution is -0.115. The van der Waals surface area contributed by atoms with Crippen molar-refractivity contribution in [2.75, 3.05) is 0 Å². The molecular formula is C6H7O. The second-order valence-electron chi connectivity index (χ2n) is 1.84. The average molecular weight is 95.1 g/mol. The zero-order valence-electron chi connectivity index (χ0n) is 4.05. The second kappa shape index (κ2) is 1.49. The van der Waals surface area contributed by atoms with Crippen LogP contribution in [0.4, 0.5) is 0 Å². The smallest absolute Gasteiger partial charge is 0.158 e. The van der Waals surface area contributed by atoms with E-state index < -0.39 is 0 Å². The molecule has 1 fully saturated rings. The van der Waals surface area contributed by atoms with Crippen LogP contribution in [0.1, 0.15) is 12.8 Å². The third-order valence-electron chi connectivity index (χ3n) is 1.14. The van der Waals surface area contributed by atoms with Gasteiger partial charge >= 0.3 is 0 Å². The van der Waals surface area contributed by atoms with Crippen LogP contribution in [-0.4, -0.2) is 5.78 Å². The number of allylic oxidation sites excluding steroid dienone is 1. The summed E-state index contributed by atoms with van der Waals surface area (Å²) in [6.45, 7) is 4.94. The standard InChI is InChI=1S/C6H7O/c1-2-6(7)5-3-4-5/h1-2,5H,3-4H2. The van der Waals surface area contributed by atoms with E-state index in [4.69, 9.17) is 6.58 Å². The van der Waals surface area contributed by atoms with Gasteiger partial charge in [-0.3, -0.25) is 4.79 Å². The Bertz CT molecular complexity index is 101. The predicted molar refractivity (Wildman–Crippen MR) is 26.6 cm³/mol. The minimum Gasteiger partial charge on any atom is -0.295 e. The molecule has 0 bridgehead atoms. The summed E-state index contributed by atoms with van der Waals surface area (Å²) in [4.78, 5) is 10.4. The number of hydrogen-bond donors (Lipinski definition) is 0. The van der Waals surface area contributed by atoms with E-state index in [1.807, 2.05) is 0 Å². The Morgan fingerprint density at radius 2 is 2.29 bits per heavy atom. The first-order valence-electron chi connectivity index (χ1n) is 2.43. The van der Waals surface area contributed by atoms with E-state index in [1.54, 1.807) is 0 Å². The zero-order valence-corrected chi connectivity index (χ0v) is 4.05. The van der Waals surface area contributed by atoms with Crippen LogP contribution in [0.3, 0.4) is 0 Å². The van der Waals surface area contributed by atoms with Gasteiger partial charge < -0.3 is 0 Å². The molecule has 1 radical (unpaired) electrons. The fourth-order valence-electron chi connectivity index (χ4n) is 0.504. The van der Waals surface area contributed by atoms with E-state index in [9.17, 15) is 4.79 Å². The molecule has 0 amide bonds. The van der Waals surface area contributed by atoms with Gasteiger partial charge in [-0.15, -0.1) is 0 Å². The monoisotopic (exact) mass is 95.0 g/mol. The highest BCUT2D eigenvalue weighted by molar-refractivity contribution is 5.92. The average Bonchev–Trinajstić information content (AvgIpc) is 2.44. The van der Waals surface area contributed by atoms with Crippen molar-refractivity contribution >= 4 is 5.78 Å². The highest BCUT2D eigenvalue weighted by Crippen LogP contribution is 2.29. The fraction of sp³-hybridized carbons (Fsp3) is 0.500. The third-order valence-corrected chi connectivity index (χ3v) is 1.14. The van der Waals surface area contributed by atoms with Crippen molar-refractivity contribution in [3.05, 3.63) is 12.7 Å². The molecule has 7 heavy (non-hydrogen) atoms. The SMILES string of the molecule is [CH]=CC(=O)C1CC1. The molecule has 1 rings (SSSR count). The topological polar surface area (TPSA) is 17.1 Å². The van der Waals surface area contributed by atoms with Crippen LogP contribution in [0.5, 0.6) is 0 Å². The van der Waals surface area contributed by atoms with Crippen molar-refractivity contribution in [1.82, 2.24) is 0 Å². The van der Waals surface area contributed by atoms with Crippen LogP contribution in [0.15, 0.2) is 6.08 Å². The molecule has 0 N–H and O–H groups in total. The Kier molecular flexibility index (Phi) is 0.970. The van der Waals surface area contributed by atoms with Gasteiger partial charge in [0.1, 0.15) is 0 Å². The van der Waals surface area contributed by atoms with Gasteiger partial charge in [0.2, 0.25) is 0 Å². The van der Waals surface area contributed by atoms with Crippen molar-refractivity contribution < 1.29 is 4.79 Å². The third kappa shape index (κ3) is 0.889. The van der Waals surface area contributed by atoms with Gasteiger partial charge in [0, 0.05) is 5.92 Å². The fourth-order valence-corrected chi connectivity index (χ4v) is 0.504. The number of hydrogen-bond acceptors (Lipinski definition) is 1. The van der Waals surface area contributed by atoms with Gasteiger partial charge in [0.15, 0.2) is 5.78 Å². The maximum Gasteiger partial charge on any atom is 0.158 e. The summed E-state index contributed by atoms with van der Waals surface area (Å²) in [6, 6.07) is 0. The van der Waals surface area contributed by atoms with Crippen molar-refractivity contribution in [3.63, 3.8) is 0 Å². The summed E-state index contributed by atoms with van der Waals surface area (Å²) < 4.78 is 0. The number of carbonyl (C=O) groups excluding carboxylic acids is 1. The molecule has 0 aromatic heterocycles. The normalized spacial score (nSPS) is 18.9. The van der Waals surface area contributed by atoms with E-state index in [0.717, 1.165) is 18.9 Å². The van der Waals surface area contributed by atoms with Crippen LogP contribution in [-0.2, 0) is 4.79 Å². The van der Waals surface area contributed by atoms with Gasteiger partial charge in [-0.25, -0.2) is 0 Å². The van der Waals surface area contributed by atoms with Gasteiger partial charge in [0.05, 0.1) is 0 Å². The number of ketones is 1. The highest BCUT2D eigenvalue weighted by atomic mass is 16.1. The summed E-state index contributed by atoms with van der Waals surface area (Å²) in [6.07, 6.45) is 3.26. The Morgan fingerprint density at radius 3 is 2.43 bits per heavy atom. The molecule has 1 heteroatoms. The molecule has 1 aliphatic rings. The molecule has 0 heterocycles. The maximum atomic E-state index is 10.4. The minimum atomic E-state index is 0.111. The Balaban J connectivity index is 2.37. The molecule has 1 aliphatic carbocycles. The van der Waals surface area contributed by atoms with Crippen LogP contribution in [0.25, 0.3) is 0 Å². The number of rotatable bonds is 2. The van der Waals surface area contributed by atoms with Crippen molar-refractivity contribution in [1.29, 1.82) is 0 Å². The van der Waals surface area contributed by atoms with Crippen LogP contribution < -0.4 is 0 Å². The van der Waals surface area contributed by atoms with E-state index in [-0.39, 0.29) is 5.78 Å². The Morgan fingerprint density at radius 1 is 1.71 bits per heavy atom. The van der Waals surface area contributed by atoms with Gasteiger partial charge in [0.25, 0.3) is 0 Å². The highest BCUT2D eigenvalue weighted by Gasteiger charge is 2.26. The molecule has 0 atom stereocenters. The lowest BCUT2D eigenvalue weighted by atomic mass is 10.3. The van der Waals surface area contributed by atoms with Crippen LogP contribution in [0.2, 0.25) is 0 Å². The molecule has 1 saturated carbocycles. The molecule has 0 aromatic carbocycles. The summed E-state index contributed by atoms with van der Waals surface area (Å²) in [5, 5.41) is 0. The van der Waals surface area contributed by atoms with Gasteiger partial charge in [-0.2, -0.15) is 0 Å². The minimum absolute atomic E-state index is 0.111. The lowest BCUT2D eigenvalue weighted by Gasteiger charge is -1.78. The first-order valence-corrected chi connectivity index (χ1v) is 2.43. The largest absolute Gasteiger partial charge is 0.295 e. The van der Waals surface area contributed by atoms with Crippen LogP contribution >= 0.6 is 0 Å². The molecule has 0 saturated heterocycles. The summed E-state index contributed by atoms with van der Waals surface area (Å²) in [5.74, 6) is 0.407. The molecule has 1 nitrogen and oxygen atoms in total. The first kappa shape index (κ1) is 4.57. The summed E-state index contributed by atoms with van der Waals surface area (Å²) >= 11 is 0. The van der Waals surface area contributed by atoms with E-state index in [2.05, 4.69) is 0 Å².